The Hall–Kier alpha value is -2.50. The summed E-state index contributed by atoms with van der Waals surface area (Å²) in [5.41, 5.74) is 0.947. The van der Waals surface area contributed by atoms with Crippen molar-refractivity contribution < 1.29 is 14.3 Å². The molecule has 0 saturated carbocycles. The molecule has 1 aromatic carbocycles. The first kappa shape index (κ1) is 17.3. The smallest absolute Gasteiger partial charge is 0.223 e. The highest BCUT2D eigenvalue weighted by atomic mass is 16.5. The van der Waals surface area contributed by atoms with Gasteiger partial charge in [0.2, 0.25) is 5.91 Å². The van der Waals surface area contributed by atoms with E-state index in [1.807, 2.05) is 29.8 Å². The van der Waals surface area contributed by atoms with Crippen LogP contribution in [-0.4, -0.2) is 33.7 Å². The molecule has 0 aliphatic carbocycles. The molecular formula is C19H25N3O3. The Kier molecular flexibility index (Phi) is 4.97. The predicted octanol–water partition coefficient (Wildman–Crippen LogP) is 2.57. The maximum Gasteiger partial charge on any atom is 0.223 e. The van der Waals surface area contributed by atoms with Crippen molar-refractivity contribution in [3.8, 4) is 11.5 Å². The zero-order valence-electron chi connectivity index (χ0n) is 15.0. The number of carbonyl (C=O) groups excluding carboxylic acids is 1. The summed E-state index contributed by atoms with van der Waals surface area (Å²) < 4.78 is 13.7. The second kappa shape index (κ2) is 7.17. The quantitative estimate of drug-likeness (QED) is 0.839. The summed E-state index contributed by atoms with van der Waals surface area (Å²) in [5, 5.41) is 2.97. The zero-order chi connectivity index (χ0) is 17.9. The molecule has 1 aliphatic rings. The van der Waals surface area contributed by atoms with Crippen LogP contribution in [0.1, 0.15) is 32.8 Å². The normalized spacial score (nSPS) is 16.0. The van der Waals surface area contributed by atoms with Crippen LogP contribution in [0, 0.1) is 0 Å². The molecule has 2 heterocycles. The van der Waals surface area contributed by atoms with Crippen molar-refractivity contribution in [1.82, 2.24) is 14.9 Å². The third-order valence-corrected chi connectivity index (χ3v) is 4.09. The number of nitrogens with zero attached hydrogens (tertiary/aromatic N) is 2. The standard InChI is InChI=1S/C19H25N3O3/c1-14(12-22-9-8-20-13-22)21-17(23)7-10-24-16-6-4-5-15-11-19(2,3)25-18(15)16/h4-6,8-9,13-14H,7,10-12H2,1-3H3,(H,21,23)/t14-/m0/s1. The van der Waals surface area contributed by atoms with E-state index >= 15 is 0 Å². The number of amides is 1. The fraction of sp³-hybridized carbons (Fsp3) is 0.474. The van der Waals surface area contributed by atoms with Gasteiger partial charge in [-0.15, -0.1) is 0 Å². The first-order valence-corrected chi connectivity index (χ1v) is 8.62. The molecule has 0 spiro atoms. The molecule has 0 fully saturated rings. The van der Waals surface area contributed by atoms with Crippen LogP contribution in [-0.2, 0) is 17.8 Å². The van der Waals surface area contributed by atoms with Crippen molar-refractivity contribution in [2.45, 2.75) is 51.8 Å². The number of nitrogens with one attached hydrogen (secondary N) is 1. The monoisotopic (exact) mass is 343 g/mol. The van der Waals surface area contributed by atoms with E-state index in [4.69, 9.17) is 9.47 Å². The Labute approximate surface area is 148 Å². The van der Waals surface area contributed by atoms with Gasteiger partial charge in [0, 0.05) is 37.0 Å². The fourth-order valence-corrected chi connectivity index (χ4v) is 3.06. The molecule has 134 valence electrons. The number of aromatic nitrogens is 2. The number of hydrogen-bond donors (Lipinski definition) is 1. The van der Waals surface area contributed by atoms with Gasteiger partial charge in [-0.2, -0.15) is 0 Å². The first-order valence-electron chi connectivity index (χ1n) is 8.62. The van der Waals surface area contributed by atoms with Gasteiger partial charge in [-0.3, -0.25) is 4.79 Å². The van der Waals surface area contributed by atoms with E-state index in [9.17, 15) is 4.79 Å². The molecule has 0 unspecified atom stereocenters. The summed E-state index contributed by atoms with van der Waals surface area (Å²) >= 11 is 0. The number of imidazole rings is 1. The van der Waals surface area contributed by atoms with E-state index in [0.29, 0.717) is 25.3 Å². The molecule has 0 bridgehead atoms. The van der Waals surface area contributed by atoms with Crippen LogP contribution < -0.4 is 14.8 Å². The van der Waals surface area contributed by atoms with E-state index in [2.05, 4.69) is 30.2 Å². The van der Waals surface area contributed by atoms with Gasteiger partial charge in [-0.05, 0) is 26.8 Å². The van der Waals surface area contributed by atoms with Gasteiger partial charge < -0.3 is 19.4 Å². The van der Waals surface area contributed by atoms with Crippen molar-refractivity contribution in [2.75, 3.05) is 6.61 Å². The summed E-state index contributed by atoms with van der Waals surface area (Å²) in [6.45, 7) is 7.11. The van der Waals surface area contributed by atoms with Gasteiger partial charge in [0.25, 0.3) is 0 Å². The average molecular weight is 343 g/mol. The van der Waals surface area contributed by atoms with Gasteiger partial charge in [-0.25, -0.2) is 4.98 Å². The minimum Gasteiger partial charge on any atom is -0.489 e. The lowest BCUT2D eigenvalue weighted by Crippen LogP contribution is -2.36. The number of carbonyl (C=O) groups is 1. The number of benzene rings is 1. The molecule has 0 saturated heterocycles. The van der Waals surface area contributed by atoms with E-state index in [-0.39, 0.29) is 17.6 Å². The van der Waals surface area contributed by atoms with Crippen molar-refractivity contribution in [1.29, 1.82) is 0 Å². The number of rotatable bonds is 7. The minimum absolute atomic E-state index is 0.0264. The van der Waals surface area contributed by atoms with E-state index in [1.54, 1.807) is 12.5 Å². The van der Waals surface area contributed by atoms with Gasteiger partial charge in [0.1, 0.15) is 5.60 Å². The second-order valence-corrected chi connectivity index (χ2v) is 7.11. The topological polar surface area (TPSA) is 65.4 Å². The Morgan fingerprint density at radius 3 is 3.08 bits per heavy atom. The highest BCUT2D eigenvalue weighted by Crippen LogP contribution is 2.41. The Bertz CT molecular complexity index is 726. The van der Waals surface area contributed by atoms with E-state index in [0.717, 1.165) is 17.7 Å². The largest absolute Gasteiger partial charge is 0.489 e. The molecule has 6 heteroatoms. The van der Waals surface area contributed by atoms with E-state index < -0.39 is 0 Å². The van der Waals surface area contributed by atoms with Gasteiger partial charge in [-0.1, -0.05) is 12.1 Å². The van der Waals surface area contributed by atoms with Crippen molar-refractivity contribution in [3.63, 3.8) is 0 Å². The molecule has 3 rings (SSSR count). The SMILES string of the molecule is C[C@@H](Cn1ccnc1)NC(=O)CCOc1cccc2c1OC(C)(C)C2. The minimum atomic E-state index is -0.206. The van der Waals surface area contributed by atoms with Crippen LogP contribution in [0.5, 0.6) is 11.5 Å². The highest BCUT2D eigenvalue weighted by Gasteiger charge is 2.32. The molecule has 1 aromatic heterocycles. The van der Waals surface area contributed by atoms with Crippen molar-refractivity contribution >= 4 is 5.91 Å². The predicted molar refractivity (Wildman–Crippen MR) is 94.8 cm³/mol. The summed E-state index contributed by atoms with van der Waals surface area (Å²) in [4.78, 5) is 16.1. The zero-order valence-corrected chi connectivity index (χ0v) is 15.0. The second-order valence-electron chi connectivity index (χ2n) is 7.11. The molecule has 6 nitrogen and oxygen atoms in total. The first-order chi connectivity index (χ1) is 11.9. The van der Waals surface area contributed by atoms with Gasteiger partial charge in [0.15, 0.2) is 11.5 Å². The van der Waals surface area contributed by atoms with Crippen LogP contribution in [0.15, 0.2) is 36.9 Å². The summed E-state index contributed by atoms with van der Waals surface area (Å²) in [6, 6.07) is 5.94. The maximum atomic E-state index is 12.1. The Morgan fingerprint density at radius 2 is 2.32 bits per heavy atom. The molecule has 1 amide bonds. The molecule has 0 radical (unpaired) electrons. The summed E-state index contributed by atoms with van der Waals surface area (Å²) in [6.07, 6.45) is 6.52. The Balaban J connectivity index is 1.46. The summed E-state index contributed by atoms with van der Waals surface area (Å²) in [5.74, 6) is 1.49. The Morgan fingerprint density at radius 1 is 1.48 bits per heavy atom. The maximum absolute atomic E-state index is 12.1. The van der Waals surface area contributed by atoms with E-state index in [1.165, 1.54) is 0 Å². The third-order valence-electron chi connectivity index (χ3n) is 4.09. The third kappa shape index (κ3) is 4.53. The summed E-state index contributed by atoms with van der Waals surface area (Å²) in [7, 11) is 0. The highest BCUT2D eigenvalue weighted by molar-refractivity contribution is 5.76. The van der Waals surface area contributed by atoms with Gasteiger partial charge in [0.05, 0.1) is 19.4 Å². The molecule has 25 heavy (non-hydrogen) atoms. The molecular weight excluding hydrogens is 318 g/mol. The molecule has 1 aliphatic heterocycles. The number of fused-ring (bicyclic) bond motifs is 1. The lowest BCUT2D eigenvalue weighted by atomic mass is 10.0. The fourth-order valence-electron chi connectivity index (χ4n) is 3.06. The number of hydrogen-bond acceptors (Lipinski definition) is 4. The van der Waals surface area contributed by atoms with Crippen LogP contribution in [0.4, 0.5) is 0 Å². The molecule has 1 N–H and O–H groups in total. The number of para-hydroxylation sites is 1. The van der Waals surface area contributed by atoms with Crippen molar-refractivity contribution in [2.24, 2.45) is 0 Å². The molecule has 2 aromatic rings. The van der Waals surface area contributed by atoms with Gasteiger partial charge >= 0.3 is 0 Å². The lowest BCUT2D eigenvalue weighted by molar-refractivity contribution is -0.122. The van der Waals surface area contributed by atoms with Crippen molar-refractivity contribution in [3.05, 3.63) is 42.5 Å². The average Bonchev–Trinajstić information content (AvgIpc) is 3.13. The molecule has 1 atom stereocenters. The van der Waals surface area contributed by atoms with Crippen LogP contribution in [0.25, 0.3) is 0 Å². The van der Waals surface area contributed by atoms with Crippen LogP contribution in [0.2, 0.25) is 0 Å². The van der Waals surface area contributed by atoms with Crippen LogP contribution in [0.3, 0.4) is 0 Å². The lowest BCUT2D eigenvalue weighted by Gasteiger charge is -2.18. The van der Waals surface area contributed by atoms with Crippen LogP contribution >= 0.6 is 0 Å². The number of ether oxygens (including phenoxy) is 2.